The molecule has 1 aliphatic rings. The number of anilines is 1. The fourth-order valence-electron chi connectivity index (χ4n) is 2.53. The van der Waals surface area contributed by atoms with Crippen molar-refractivity contribution in [3.8, 4) is 0 Å². The maximum Gasteiger partial charge on any atom is 0.316 e. The summed E-state index contributed by atoms with van der Waals surface area (Å²) in [6.45, 7) is 7.97. The summed E-state index contributed by atoms with van der Waals surface area (Å²) in [5.41, 5.74) is 6.01. The Balaban J connectivity index is 1.89. The highest BCUT2D eigenvalue weighted by Crippen LogP contribution is 2.15. The van der Waals surface area contributed by atoms with Crippen LogP contribution in [0.15, 0.2) is 24.3 Å². The lowest BCUT2D eigenvalue weighted by Crippen LogP contribution is -2.55. The van der Waals surface area contributed by atoms with E-state index in [1.807, 2.05) is 0 Å². The van der Waals surface area contributed by atoms with Gasteiger partial charge in [-0.1, -0.05) is 0 Å². The molecule has 0 spiro atoms. The topological polar surface area (TPSA) is 96.7 Å². The number of hydrogen-bond donors (Lipinski definition) is 3. The van der Waals surface area contributed by atoms with Crippen molar-refractivity contribution in [1.29, 1.82) is 0 Å². The SMILES string of the molecule is CC(C)(CNC(=O)c1ccc(NC(N)=O)cc1)N1CCOCC1. The summed E-state index contributed by atoms with van der Waals surface area (Å²) in [7, 11) is 0. The molecular weight excluding hydrogens is 296 g/mol. The third-order valence-corrected chi connectivity index (χ3v) is 3.96. The van der Waals surface area contributed by atoms with Crippen LogP contribution < -0.4 is 16.4 Å². The average molecular weight is 320 g/mol. The summed E-state index contributed by atoms with van der Waals surface area (Å²) >= 11 is 0. The zero-order valence-electron chi connectivity index (χ0n) is 13.6. The van der Waals surface area contributed by atoms with E-state index in [0.29, 0.717) is 17.8 Å². The van der Waals surface area contributed by atoms with Crippen LogP contribution in [0.3, 0.4) is 0 Å². The molecule has 2 rings (SSSR count). The quantitative estimate of drug-likeness (QED) is 0.754. The molecule has 23 heavy (non-hydrogen) atoms. The molecule has 0 unspecified atom stereocenters. The first kappa shape index (κ1) is 17.2. The Hall–Kier alpha value is -2.12. The van der Waals surface area contributed by atoms with Gasteiger partial charge in [0.2, 0.25) is 0 Å². The van der Waals surface area contributed by atoms with Crippen molar-refractivity contribution in [2.75, 3.05) is 38.2 Å². The molecule has 126 valence electrons. The lowest BCUT2D eigenvalue weighted by Gasteiger charge is -2.40. The number of ether oxygens (including phenoxy) is 1. The Morgan fingerprint density at radius 2 is 1.83 bits per heavy atom. The standard InChI is InChI=1S/C16H24N4O3/c1-16(2,20-7-9-23-10-8-20)11-18-14(21)12-3-5-13(6-4-12)19-15(17)22/h3-6H,7-11H2,1-2H3,(H,18,21)(H3,17,19,22). The number of urea groups is 1. The van der Waals surface area contributed by atoms with Crippen molar-refractivity contribution in [3.05, 3.63) is 29.8 Å². The number of nitrogens with two attached hydrogens (primary N) is 1. The molecule has 1 aliphatic heterocycles. The van der Waals surface area contributed by atoms with Gasteiger partial charge in [-0.15, -0.1) is 0 Å². The molecule has 3 amide bonds. The summed E-state index contributed by atoms with van der Waals surface area (Å²) in [4.78, 5) is 25.3. The molecule has 0 aliphatic carbocycles. The van der Waals surface area contributed by atoms with Crippen molar-refractivity contribution in [2.24, 2.45) is 5.73 Å². The molecule has 1 heterocycles. The van der Waals surface area contributed by atoms with Crippen LogP contribution in [0.4, 0.5) is 10.5 Å². The van der Waals surface area contributed by atoms with Gasteiger partial charge in [0.05, 0.1) is 13.2 Å². The number of hydrogen-bond acceptors (Lipinski definition) is 4. The predicted octanol–water partition coefficient (Wildman–Crippen LogP) is 1.02. The van der Waals surface area contributed by atoms with Gasteiger partial charge < -0.3 is 21.1 Å². The number of rotatable bonds is 5. The van der Waals surface area contributed by atoms with Gasteiger partial charge in [0, 0.05) is 36.4 Å². The second-order valence-electron chi connectivity index (χ2n) is 6.16. The van der Waals surface area contributed by atoms with E-state index in [-0.39, 0.29) is 11.4 Å². The second kappa shape index (κ2) is 7.43. The highest BCUT2D eigenvalue weighted by atomic mass is 16.5. The highest BCUT2D eigenvalue weighted by Gasteiger charge is 2.28. The van der Waals surface area contributed by atoms with Crippen LogP contribution in [0.1, 0.15) is 24.2 Å². The molecule has 1 saturated heterocycles. The molecule has 0 radical (unpaired) electrons. The Kier molecular flexibility index (Phi) is 5.57. The summed E-state index contributed by atoms with van der Waals surface area (Å²) in [6, 6.07) is 5.97. The first-order valence-corrected chi connectivity index (χ1v) is 7.66. The number of morpholine rings is 1. The third kappa shape index (κ3) is 4.94. The van der Waals surface area contributed by atoms with E-state index in [1.54, 1.807) is 24.3 Å². The second-order valence-corrected chi connectivity index (χ2v) is 6.16. The van der Waals surface area contributed by atoms with Crippen molar-refractivity contribution in [2.45, 2.75) is 19.4 Å². The number of primary amides is 1. The van der Waals surface area contributed by atoms with E-state index in [9.17, 15) is 9.59 Å². The summed E-state index contributed by atoms with van der Waals surface area (Å²) in [5, 5.41) is 5.42. The Morgan fingerprint density at radius 3 is 2.39 bits per heavy atom. The lowest BCUT2D eigenvalue weighted by molar-refractivity contribution is -0.00923. The van der Waals surface area contributed by atoms with Gasteiger partial charge in [0.1, 0.15) is 0 Å². The number of amides is 3. The molecule has 7 nitrogen and oxygen atoms in total. The molecule has 1 fully saturated rings. The highest BCUT2D eigenvalue weighted by molar-refractivity contribution is 5.95. The van der Waals surface area contributed by atoms with Gasteiger partial charge in [-0.25, -0.2) is 4.79 Å². The third-order valence-electron chi connectivity index (χ3n) is 3.96. The van der Waals surface area contributed by atoms with Gasteiger partial charge in [-0.2, -0.15) is 0 Å². The molecule has 0 saturated carbocycles. The lowest BCUT2D eigenvalue weighted by atomic mass is 10.0. The van der Waals surface area contributed by atoms with Crippen LogP contribution in [0.2, 0.25) is 0 Å². The minimum Gasteiger partial charge on any atom is -0.379 e. The zero-order valence-corrected chi connectivity index (χ0v) is 13.6. The number of carbonyl (C=O) groups excluding carboxylic acids is 2. The molecule has 0 bridgehead atoms. The Bertz CT molecular complexity index is 551. The molecule has 7 heteroatoms. The minimum absolute atomic E-state index is 0.132. The van der Waals surface area contributed by atoms with Gasteiger partial charge in [-0.05, 0) is 38.1 Å². The Morgan fingerprint density at radius 1 is 1.22 bits per heavy atom. The fourth-order valence-corrected chi connectivity index (χ4v) is 2.53. The smallest absolute Gasteiger partial charge is 0.316 e. The maximum atomic E-state index is 12.2. The summed E-state index contributed by atoms with van der Waals surface area (Å²) in [5.74, 6) is -0.142. The predicted molar refractivity (Wildman–Crippen MR) is 88.5 cm³/mol. The molecular formula is C16H24N4O3. The number of nitrogens with one attached hydrogen (secondary N) is 2. The van der Waals surface area contributed by atoms with Crippen LogP contribution >= 0.6 is 0 Å². The van der Waals surface area contributed by atoms with Crippen LogP contribution in [-0.4, -0.2) is 55.2 Å². The van der Waals surface area contributed by atoms with Crippen molar-refractivity contribution in [3.63, 3.8) is 0 Å². The van der Waals surface area contributed by atoms with Crippen molar-refractivity contribution >= 4 is 17.6 Å². The fraction of sp³-hybridized carbons (Fsp3) is 0.500. The molecule has 4 N–H and O–H groups in total. The van der Waals surface area contributed by atoms with Gasteiger partial charge in [0.25, 0.3) is 5.91 Å². The van der Waals surface area contributed by atoms with Gasteiger partial charge in [-0.3, -0.25) is 9.69 Å². The maximum absolute atomic E-state index is 12.2. The van der Waals surface area contributed by atoms with E-state index in [1.165, 1.54) is 0 Å². The number of nitrogens with zero attached hydrogens (tertiary/aromatic N) is 1. The van der Waals surface area contributed by atoms with Crippen LogP contribution in [0, 0.1) is 0 Å². The van der Waals surface area contributed by atoms with Crippen LogP contribution in [-0.2, 0) is 4.74 Å². The zero-order chi connectivity index (χ0) is 16.9. The Labute approximate surface area is 136 Å². The first-order valence-electron chi connectivity index (χ1n) is 7.66. The molecule has 1 aromatic rings. The molecule has 0 aromatic heterocycles. The normalized spacial score (nSPS) is 15.9. The summed E-state index contributed by atoms with van der Waals surface area (Å²) in [6.07, 6.45) is 0. The number of carbonyl (C=O) groups is 2. The minimum atomic E-state index is -0.630. The van der Waals surface area contributed by atoms with E-state index in [0.717, 1.165) is 26.3 Å². The van der Waals surface area contributed by atoms with Gasteiger partial charge in [0.15, 0.2) is 0 Å². The van der Waals surface area contributed by atoms with Gasteiger partial charge >= 0.3 is 6.03 Å². The summed E-state index contributed by atoms with van der Waals surface area (Å²) < 4.78 is 5.36. The first-order chi connectivity index (χ1) is 10.9. The van der Waals surface area contributed by atoms with Crippen LogP contribution in [0.5, 0.6) is 0 Å². The van der Waals surface area contributed by atoms with E-state index >= 15 is 0 Å². The molecule has 0 atom stereocenters. The van der Waals surface area contributed by atoms with E-state index < -0.39 is 6.03 Å². The van der Waals surface area contributed by atoms with Crippen molar-refractivity contribution < 1.29 is 14.3 Å². The van der Waals surface area contributed by atoms with Crippen LogP contribution in [0.25, 0.3) is 0 Å². The number of benzene rings is 1. The largest absolute Gasteiger partial charge is 0.379 e. The van der Waals surface area contributed by atoms with Crippen molar-refractivity contribution in [1.82, 2.24) is 10.2 Å². The molecule has 1 aromatic carbocycles. The average Bonchev–Trinajstić information content (AvgIpc) is 2.54. The van der Waals surface area contributed by atoms with E-state index in [4.69, 9.17) is 10.5 Å². The van der Waals surface area contributed by atoms with E-state index in [2.05, 4.69) is 29.4 Å². The monoisotopic (exact) mass is 320 g/mol.